The van der Waals surface area contributed by atoms with Gasteiger partial charge in [0.15, 0.2) is 0 Å². The van der Waals surface area contributed by atoms with Crippen molar-refractivity contribution < 1.29 is 28.9 Å². The van der Waals surface area contributed by atoms with Crippen molar-refractivity contribution in [2.24, 2.45) is 5.92 Å². The molecule has 0 aromatic carbocycles. The molecule has 0 spiro atoms. The number of hydrogen-bond donors (Lipinski definition) is 1. The first-order chi connectivity index (χ1) is 6.93. The lowest BCUT2D eigenvalue weighted by atomic mass is 10.0. The van der Waals surface area contributed by atoms with Crippen LogP contribution in [0.2, 0.25) is 0 Å². The van der Waals surface area contributed by atoms with Gasteiger partial charge < -0.3 is 19.3 Å². The van der Waals surface area contributed by atoms with E-state index in [1.807, 2.05) is 0 Å². The van der Waals surface area contributed by atoms with Crippen molar-refractivity contribution in [3.05, 3.63) is 0 Å². The standard InChI is InChI=1S/C9H16O6/c1-6(7(10)11)5-9(14-3,15-4)8(12)13-2/h6H,5H2,1-4H3,(H,10,11)/t6-/m1/s1. The third-order valence-corrected chi connectivity index (χ3v) is 2.15. The maximum Gasteiger partial charge on any atom is 0.366 e. The Morgan fingerprint density at radius 3 is 2.00 bits per heavy atom. The molecule has 0 bridgehead atoms. The number of methoxy groups -OCH3 is 3. The van der Waals surface area contributed by atoms with Crippen LogP contribution in [0.15, 0.2) is 0 Å². The zero-order chi connectivity index (χ0) is 12.1. The molecule has 88 valence electrons. The van der Waals surface area contributed by atoms with E-state index in [-0.39, 0.29) is 6.42 Å². The van der Waals surface area contributed by atoms with E-state index in [4.69, 9.17) is 14.6 Å². The third-order valence-electron chi connectivity index (χ3n) is 2.15. The molecule has 15 heavy (non-hydrogen) atoms. The lowest BCUT2D eigenvalue weighted by molar-refractivity contribution is -0.234. The van der Waals surface area contributed by atoms with E-state index >= 15 is 0 Å². The Bertz CT molecular complexity index is 233. The molecule has 1 N–H and O–H groups in total. The van der Waals surface area contributed by atoms with Gasteiger partial charge in [0.25, 0.3) is 5.79 Å². The SMILES string of the molecule is COC(=O)C(C[C@@H](C)C(=O)O)(OC)OC. The Balaban J connectivity index is 4.79. The summed E-state index contributed by atoms with van der Waals surface area (Å²) in [5.74, 6) is -4.20. The van der Waals surface area contributed by atoms with Crippen molar-refractivity contribution in [2.75, 3.05) is 21.3 Å². The van der Waals surface area contributed by atoms with Gasteiger partial charge in [-0.3, -0.25) is 4.79 Å². The number of carboxylic acid groups (broad SMARTS) is 1. The molecule has 6 heteroatoms. The number of carbonyl (C=O) groups is 2. The van der Waals surface area contributed by atoms with Gasteiger partial charge in [0.1, 0.15) is 0 Å². The Hall–Kier alpha value is -1.14. The van der Waals surface area contributed by atoms with Crippen LogP contribution in [0.4, 0.5) is 0 Å². The number of rotatable bonds is 6. The fourth-order valence-corrected chi connectivity index (χ4v) is 1.15. The van der Waals surface area contributed by atoms with Crippen LogP contribution < -0.4 is 0 Å². The summed E-state index contributed by atoms with van der Waals surface area (Å²) in [6.45, 7) is 1.46. The van der Waals surface area contributed by atoms with Gasteiger partial charge in [0, 0.05) is 20.6 Å². The van der Waals surface area contributed by atoms with E-state index < -0.39 is 23.6 Å². The predicted molar refractivity (Wildman–Crippen MR) is 50.2 cm³/mol. The van der Waals surface area contributed by atoms with E-state index in [0.717, 1.165) is 0 Å². The highest BCUT2D eigenvalue weighted by Gasteiger charge is 2.43. The van der Waals surface area contributed by atoms with Crippen molar-refractivity contribution in [3.8, 4) is 0 Å². The smallest absolute Gasteiger partial charge is 0.366 e. The number of aliphatic carboxylic acids is 1. The molecule has 0 amide bonds. The Labute approximate surface area is 88.1 Å². The minimum absolute atomic E-state index is 0.109. The molecule has 0 radical (unpaired) electrons. The lowest BCUT2D eigenvalue weighted by Crippen LogP contribution is -2.45. The Morgan fingerprint density at radius 2 is 1.73 bits per heavy atom. The zero-order valence-electron chi connectivity index (χ0n) is 9.27. The van der Waals surface area contributed by atoms with Crippen LogP contribution in [0.3, 0.4) is 0 Å². The highest BCUT2D eigenvalue weighted by molar-refractivity contribution is 5.79. The lowest BCUT2D eigenvalue weighted by Gasteiger charge is -2.28. The molecule has 0 aromatic rings. The van der Waals surface area contributed by atoms with E-state index in [0.29, 0.717) is 0 Å². The molecule has 0 aliphatic rings. The molecular weight excluding hydrogens is 204 g/mol. The predicted octanol–water partition coefficient (Wildman–Crippen LogP) is 0.259. The molecule has 6 nitrogen and oxygen atoms in total. The highest BCUT2D eigenvalue weighted by Crippen LogP contribution is 2.23. The first-order valence-corrected chi connectivity index (χ1v) is 4.35. The normalized spacial score (nSPS) is 13.3. The topological polar surface area (TPSA) is 82.1 Å². The largest absolute Gasteiger partial charge is 0.481 e. The summed E-state index contributed by atoms with van der Waals surface area (Å²) < 4.78 is 14.3. The van der Waals surface area contributed by atoms with Crippen LogP contribution in [0, 0.1) is 5.92 Å². The molecule has 0 unspecified atom stereocenters. The second kappa shape index (κ2) is 5.67. The quantitative estimate of drug-likeness (QED) is 0.510. The summed E-state index contributed by atoms with van der Waals surface area (Å²) in [6.07, 6.45) is -0.109. The minimum atomic E-state index is -1.65. The summed E-state index contributed by atoms with van der Waals surface area (Å²) in [5.41, 5.74) is 0. The van der Waals surface area contributed by atoms with Gasteiger partial charge in [-0.1, -0.05) is 6.92 Å². The molecule has 0 rings (SSSR count). The monoisotopic (exact) mass is 220 g/mol. The molecule has 0 aliphatic heterocycles. The minimum Gasteiger partial charge on any atom is -0.481 e. The van der Waals surface area contributed by atoms with Gasteiger partial charge in [0.05, 0.1) is 13.0 Å². The van der Waals surface area contributed by atoms with Crippen LogP contribution in [-0.4, -0.2) is 44.2 Å². The van der Waals surface area contributed by atoms with Gasteiger partial charge >= 0.3 is 11.9 Å². The Kier molecular flexibility index (Phi) is 5.24. The van der Waals surface area contributed by atoms with Crippen LogP contribution in [0.5, 0.6) is 0 Å². The fourth-order valence-electron chi connectivity index (χ4n) is 1.15. The molecule has 0 fully saturated rings. The first kappa shape index (κ1) is 13.9. The van der Waals surface area contributed by atoms with Gasteiger partial charge in [-0.15, -0.1) is 0 Å². The van der Waals surface area contributed by atoms with Crippen molar-refractivity contribution in [1.29, 1.82) is 0 Å². The second-order valence-electron chi connectivity index (χ2n) is 3.10. The molecule has 1 atom stereocenters. The number of esters is 1. The van der Waals surface area contributed by atoms with Gasteiger partial charge in [-0.05, 0) is 0 Å². The summed E-state index contributed by atoms with van der Waals surface area (Å²) in [4.78, 5) is 22.0. The number of hydrogen-bond acceptors (Lipinski definition) is 5. The van der Waals surface area contributed by atoms with E-state index in [1.54, 1.807) is 0 Å². The van der Waals surface area contributed by atoms with Crippen molar-refractivity contribution in [1.82, 2.24) is 0 Å². The Morgan fingerprint density at radius 1 is 1.27 bits per heavy atom. The molecule has 0 aliphatic carbocycles. The van der Waals surface area contributed by atoms with E-state index in [1.165, 1.54) is 28.3 Å². The molecule has 0 aromatic heterocycles. The van der Waals surface area contributed by atoms with Crippen LogP contribution >= 0.6 is 0 Å². The molecule has 0 saturated carbocycles. The molecule has 0 heterocycles. The highest BCUT2D eigenvalue weighted by atomic mass is 16.7. The number of carboxylic acids is 1. The summed E-state index contributed by atoms with van der Waals surface area (Å²) >= 11 is 0. The number of ether oxygens (including phenoxy) is 3. The van der Waals surface area contributed by atoms with Crippen LogP contribution in [-0.2, 0) is 23.8 Å². The van der Waals surface area contributed by atoms with Crippen molar-refractivity contribution in [2.45, 2.75) is 19.1 Å². The molecule has 0 saturated heterocycles. The first-order valence-electron chi connectivity index (χ1n) is 4.35. The van der Waals surface area contributed by atoms with Crippen molar-refractivity contribution in [3.63, 3.8) is 0 Å². The maximum atomic E-state index is 11.4. The maximum absolute atomic E-state index is 11.4. The summed E-state index contributed by atoms with van der Waals surface area (Å²) in [6, 6.07) is 0. The number of carbonyl (C=O) groups excluding carboxylic acids is 1. The third kappa shape index (κ3) is 3.17. The molecular formula is C9H16O6. The fraction of sp³-hybridized carbons (Fsp3) is 0.778. The van der Waals surface area contributed by atoms with Crippen LogP contribution in [0.1, 0.15) is 13.3 Å². The van der Waals surface area contributed by atoms with Crippen LogP contribution in [0.25, 0.3) is 0 Å². The zero-order valence-corrected chi connectivity index (χ0v) is 9.27. The average Bonchev–Trinajstić information content (AvgIpc) is 2.24. The van der Waals surface area contributed by atoms with Gasteiger partial charge in [-0.25, -0.2) is 4.79 Å². The average molecular weight is 220 g/mol. The van der Waals surface area contributed by atoms with Gasteiger partial charge in [-0.2, -0.15) is 0 Å². The van der Waals surface area contributed by atoms with E-state index in [9.17, 15) is 9.59 Å². The van der Waals surface area contributed by atoms with Crippen molar-refractivity contribution >= 4 is 11.9 Å². The second-order valence-corrected chi connectivity index (χ2v) is 3.10. The summed E-state index contributed by atoms with van der Waals surface area (Å²) in [7, 11) is 3.70. The summed E-state index contributed by atoms with van der Waals surface area (Å²) in [5, 5.41) is 8.73. The van der Waals surface area contributed by atoms with E-state index in [2.05, 4.69) is 4.74 Å². The van der Waals surface area contributed by atoms with Gasteiger partial charge in [0.2, 0.25) is 0 Å².